The summed E-state index contributed by atoms with van der Waals surface area (Å²) in [5.41, 5.74) is 4.66. The highest BCUT2D eigenvalue weighted by Gasteiger charge is 2.36. The Morgan fingerprint density at radius 3 is 2.26 bits per heavy atom. The zero-order chi connectivity index (χ0) is 28.7. The summed E-state index contributed by atoms with van der Waals surface area (Å²) in [7, 11) is 0. The molecule has 0 radical (unpaired) electrons. The Labute approximate surface area is 249 Å². The number of hydrogen-bond donors (Lipinski definition) is 2. The van der Waals surface area contributed by atoms with E-state index in [1.165, 1.54) is 45.3 Å². The van der Waals surface area contributed by atoms with Crippen molar-refractivity contribution >= 4 is 5.91 Å². The minimum atomic E-state index is -0.473. The van der Waals surface area contributed by atoms with Crippen molar-refractivity contribution in [3.8, 4) is 0 Å². The number of nitrogens with zero attached hydrogens (tertiary/aromatic N) is 2. The monoisotopic (exact) mass is 569 g/mol. The second kappa shape index (κ2) is 13.9. The Morgan fingerprint density at radius 1 is 0.810 bits per heavy atom. The van der Waals surface area contributed by atoms with Crippen molar-refractivity contribution < 1.29 is 19.4 Å². The van der Waals surface area contributed by atoms with Gasteiger partial charge in [-0.25, -0.2) is 0 Å². The molecular weight excluding hydrogens is 526 g/mol. The molecule has 7 heteroatoms. The first-order valence-corrected chi connectivity index (χ1v) is 15.5. The highest BCUT2D eigenvalue weighted by Crippen LogP contribution is 2.39. The van der Waals surface area contributed by atoms with E-state index in [4.69, 9.17) is 9.47 Å². The third kappa shape index (κ3) is 7.28. The van der Waals surface area contributed by atoms with Gasteiger partial charge in [0, 0.05) is 43.2 Å². The number of hydrogen-bond acceptors (Lipinski definition) is 6. The minimum Gasteiger partial charge on any atom is -0.392 e. The van der Waals surface area contributed by atoms with Gasteiger partial charge in [0.15, 0.2) is 6.29 Å². The topological polar surface area (TPSA) is 74.3 Å². The molecule has 0 aromatic heterocycles. The van der Waals surface area contributed by atoms with E-state index in [2.05, 4.69) is 39.4 Å². The van der Waals surface area contributed by atoms with E-state index in [0.717, 1.165) is 41.8 Å². The summed E-state index contributed by atoms with van der Waals surface area (Å²) in [4.78, 5) is 17.7. The molecule has 1 amide bonds. The Balaban J connectivity index is 1.13. The first-order valence-electron chi connectivity index (χ1n) is 15.5. The van der Waals surface area contributed by atoms with Crippen molar-refractivity contribution in [3.63, 3.8) is 0 Å². The van der Waals surface area contributed by atoms with Crippen molar-refractivity contribution in [3.05, 3.63) is 107 Å². The molecule has 6 rings (SSSR count). The summed E-state index contributed by atoms with van der Waals surface area (Å²) in [6.45, 7) is 6.16. The van der Waals surface area contributed by atoms with E-state index >= 15 is 0 Å². The third-order valence-corrected chi connectivity index (χ3v) is 8.96. The SMILES string of the molecule is O=C(NCc1ccc([C@H]2O[C@@H](CN3CCC[C@H]3CN3CCCC3)C[C@@H](c3ccc(CO)cc3)O2)cc1)c1ccccc1. The zero-order valence-corrected chi connectivity index (χ0v) is 24.4. The number of nitrogens with one attached hydrogen (secondary N) is 1. The van der Waals surface area contributed by atoms with E-state index in [1.807, 2.05) is 54.6 Å². The van der Waals surface area contributed by atoms with Crippen molar-refractivity contribution in [1.29, 1.82) is 0 Å². The molecular formula is C35H43N3O4. The fourth-order valence-corrected chi connectivity index (χ4v) is 6.57. The van der Waals surface area contributed by atoms with Crippen molar-refractivity contribution in [2.24, 2.45) is 0 Å². The lowest BCUT2D eigenvalue weighted by molar-refractivity contribution is -0.253. The van der Waals surface area contributed by atoms with Gasteiger partial charge in [0.1, 0.15) is 0 Å². The van der Waals surface area contributed by atoms with Crippen LogP contribution < -0.4 is 5.32 Å². The van der Waals surface area contributed by atoms with Crippen LogP contribution in [-0.2, 0) is 22.6 Å². The van der Waals surface area contributed by atoms with E-state index in [9.17, 15) is 9.90 Å². The first-order chi connectivity index (χ1) is 20.6. The maximum absolute atomic E-state index is 12.5. The average Bonchev–Trinajstić information content (AvgIpc) is 3.73. The number of amides is 1. The molecule has 0 saturated carbocycles. The van der Waals surface area contributed by atoms with Crippen molar-refractivity contribution in [1.82, 2.24) is 15.1 Å². The minimum absolute atomic E-state index is 0.0334. The van der Waals surface area contributed by atoms with Crippen LogP contribution in [0.15, 0.2) is 78.9 Å². The summed E-state index contributed by atoms with van der Waals surface area (Å²) in [5, 5.41) is 12.5. The van der Waals surface area contributed by atoms with E-state index in [-0.39, 0.29) is 24.7 Å². The maximum atomic E-state index is 12.5. The highest BCUT2D eigenvalue weighted by molar-refractivity contribution is 5.94. The molecule has 3 aliphatic rings. The second-order valence-corrected chi connectivity index (χ2v) is 11.9. The van der Waals surface area contributed by atoms with E-state index in [0.29, 0.717) is 18.2 Å². The van der Waals surface area contributed by atoms with Crippen LogP contribution in [0.5, 0.6) is 0 Å². The lowest BCUT2D eigenvalue weighted by Crippen LogP contribution is -2.45. The number of carbonyl (C=O) groups excluding carboxylic acids is 1. The molecule has 0 aliphatic carbocycles. The number of carbonyl (C=O) groups is 1. The van der Waals surface area contributed by atoms with Gasteiger partial charge in [-0.3, -0.25) is 9.69 Å². The standard InChI is InChI=1S/C35H43N3O4/c39-25-27-12-14-28(15-13-27)33-21-32(24-38-20-6-9-31(38)23-37-18-4-5-19-37)41-35(42-33)30-16-10-26(11-17-30)22-36-34(40)29-7-2-1-3-8-29/h1-3,7-8,10-17,31-33,35,39H,4-6,9,18-25H2,(H,36,40)/t31-,32+,33-,35-/m0/s1. The quantitative estimate of drug-likeness (QED) is 0.349. The smallest absolute Gasteiger partial charge is 0.251 e. The lowest BCUT2D eigenvalue weighted by Gasteiger charge is -2.39. The summed E-state index contributed by atoms with van der Waals surface area (Å²) in [6.07, 6.45) is 5.45. The van der Waals surface area contributed by atoms with Gasteiger partial charge in [-0.15, -0.1) is 0 Å². The third-order valence-electron chi connectivity index (χ3n) is 8.96. The molecule has 4 atom stereocenters. The number of likely N-dealkylation sites (tertiary alicyclic amines) is 2. The summed E-state index contributed by atoms with van der Waals surface area (Å²) < 4.78 is 13.2. The van der Waals surface area contributed by atoms with Gasteiger partial charge < -0.3 is 24.8 Å². The molecule has 0 bridgehead atoms. The van der Waals surface area contributed by atoms with Crippen LogP contribution in [-0.4, -0.2) is 65.7 Å². The first kappa shape index (κ1) is 29.0. The molecule has 7 nitrogen and oxygen atoms in total. The van der Waals surface area contributed by atoms with Gasteiger partial charge in [-0.05, 0) is 74.1 Å². The van der Waals surface area contributed by atoms with Crippen LogP contribution in [0.1, 0.15) is 77.1 Å². The Morgan fingerprint density at radius 2 is 1.52 bits per heavy atom. The normalized spacial score (nSPS) is 25.1. The van der Waals surface area contributed by atoms with E-state index < -0.39 is 6.29 Å². The molecule has 3 aromatic carbocycles. The number of aliphatic hydroxyl groups is 1. The Kier molecular flexibility index (Phi) is 9.63. The van der Waals surface area contributed by atoms with Gasteiger partial charge in [-0.1, -0.05) is 66.7 Å². The summed E-state index contributed by atoms with van der Waals surface area (Å²) >= 11 is 0. The van der Waals surface area contributed by atoms with Gasteiger partial charge in [0.25, 0.3) is 5.91 Å². The molecule has 222 valence electrons. The largest absolute Gasteiger partial charge is 0.392 e. The van der Waals surface area contributed by atoms with Gasteiger partial charge in [-0.2, -0.15) is 0 Å². The van der Waals surface area contributed by atoms with Crippen LogP contribution in [0, 0.1) is 0 Å². The molecule has 3 aromatic rings. The predicted molar refractivity (Wildman–Crippen MR) is 163 cm³/mol. The fraction of sp³-hybridized carbons (Fsp3) is 0.457. The second-order valence-electron chi connectivity index (χ2n) is 11.9. The number of aliphatic hydroxyl groups excluding tert-OH is 1. The molecule has 3 aliphatic heterocycles. The maximum Gasteiger partial charge on any atom is 0.251 e. The van der Waals surface area contributed by atoms with Gasteiger partial charge in [0.2, 0.25) is 0 Å². The Hall–Kier alpha value is -3.07. The predicted octanol–water partition coefficient (Wildman–Crippen LogP) is 5.21. The molecule has 3 heterocycles. The van der Waals surface area contributed by atoms with Crippen molar-refractivity contribution in [2.45, 2.75) is 69.8 Å². The molecule has 0 unspecified atom stereocenters. The highest BCUT2D eigenvalue weighted by atomic mass is 16.7. The van der Waals surface area contributed by atoms with Crippen LogP contribution in [0.2, 0.25) is 0 Å². The van der Waals surface area contributed by atoms with E-state index in [1.54, 1.807) is 0 Å². The lowest BCUT2D eigenvalue weighted by atomic mass is 9.99. The zero-order valence-electron chi connectivity index (χ0n) is 24.4. The molecule has 3 saturated heterocycles. The fourth-order valence-electron chi connectivity index (χ4n) is 6.57. The van der Waals surface area contributed by atoms with Crippen LogP contribution in [0.3, 0.4) is 0 Å². The summed E-state index contributed by atoms with van der Waals surface area (Å²) in [6, 6.07) is 26.1. The molecule has 42 heavy (non-hydrogen) atoms. The number of rotatable bonds is 10. The van der Waals surface area contributed by atoms with Crippen LogP contribution in [0.25, 0.3) is 0 Å². The van der Waals surface area contributed by atoms with Crippen LogP contribution >= 0.6 is 0 Å². The molecule has 3 fully saturated rings. The van der Waals surface area contributed by atoms with Crippen LogP contribution in [0.4, 0.5) is 0 Å². The number of benzene rings is 3. The molecule has 2 N–H and O–H groups in total. The van der Waals surface area contributed by atoms with Crippen molar-refractivity contribution in [2.75, 3.05) is 32.7 Å². The van der Waals surface area contributed by atoms with Gasteiger partial charge in [0.05, 0.1) is 18.8 Å². The molecule has 0 spiro atoms. The van der Waals surface area contributed by atoms with Gasteiger partial charge >= 0.3 is 0 Å². The summed E-state index contributed by atoms with van der Waals surface area (Å²) in [5.74, 6) is -0.0820. The average molecular weight is 570 g/mol. The number of ether oxygens (including phenoxy) is 2. The Bertz CT molecular complexity index is 1280.